The Kier molecular flexibility index (Phi) is 4.94. The normalized spacial score (nSPS) is 22.3. The molecule has 0 aliphatic carbocycles. The van der Waals surface area contributed by atoms with Gasteiger partial charge in [-0.15, -0.1) is 0 Å². The van der Waals surface area contributed by atoms with Crippen molar-refractivity contribution < 1.29 is 0 Å². The van der Waals surface area contributed by atoms with Gasteiger partial charge in [0.05, 0.1) is 11.9 Å². The van der Waals surface area contributed by atoms with E-state index in [2.05, 4.69) is 16.8 Å². The van der Waals surface area contributed by atoms with E-state index >= 15 is 0 Å². The highest BCUT2D eigenvalue weighted by atomic mass is 15.1. The zero-order chi connectivity index (χ0) is 10.4. The first-order valence-electron chi connectivity index (χ1n) is 5.77. The van der Waals surface area contributed by atoms with Gasteiger partial charge in [-0.3, -0.25) is 4.99 Å². The molecule has 0 aromatic carbocycles. The third-order valence-corrected chi connectivity index (χ3v) is 2.72. The highest BCUT2D eigenvalue weighted by Gasteiger charge is 2.12. The van der Waals surface area contributed by atoms with Gasteiger partial charge < -0.3 is 10.6 Å². The van der Waals surface area contributed by atoms with Crippen molar-refractivity contribution in [1.29, 1.82) is 0 Å². The number of rotatable bonds is 4. The van der Waals surface area contributed by atoms with E-state index in [9.17, 15) is 0 Å². The Labute approximate surface area is 87.4 Å². The molecule has 2 N–H and O–H groups in total. The molecule has 1 aliphatic rings. The number of likely N-dealkylation sites (tertiary alicyclic amines) is 1. The Morgan fingerprint density at radius 2 is 2.00 bits per heavy atom. The lowest BCUT2D eigenvalue weighted by molar-refractivity contribution is 0.220. The molecule has 3 nitrogen and oxygen atoms in total. The van der Waals surface area contributed by atoms with Crippen LogP contribution in [0.2, 0.25) is 0 Å². The van der Waals surface area contributed by atoms with E-state index in [1.165, 1.54) is 32.4 Å². The summed E-state index contributed by atoms with van der Waals surface area (Å²) in [6.07, 6.45) is 4.95. The fourth-order valence-electron chi connectivity index (χ4n) is 1.93. The second-order valence-electron chi connectivity index (χ2n) is 4.18. The Balaban J connectivity index is 2.28. The summed E-state index contributed by atoms with van der Waals surface area (Å²) in [6, 6.07) is 0.355. The second-order valence-corrected chi connectivity index (χ2v) is 4.18. The third kappa shape index (κ3) is 4.09. The van der Waals surface area contributed by atoms with Crippen LogP contribution in [0.4, 0.5) is 0 Å². The van der Waals surface area contributed by atoms with Gasteiger partial charge in [-0.25, -0.2) is 0 Å². The van der Waals surface area contributed by atoms with Crippen LogP contribution in [0.1, 0.15) is 39.5 Å². The molecule has 0 bridgehead atoms. The topological polar surface area (TPSA) is 41.6 Å². The van der Waals surface area contributed by atoms with Crippen LogP contribution in [0.25, 0.3) is 0 Å². The van der Waals surface area contributed by atoms with Crippen LogP contribution in [-0.4, -0.2) is 36.4 Å². The molecule has 14 heavy (non-hydrogen) atoms. The summed E-state index contributed by atoms with van der Waals surface area (Å²) in [5, 5.41) is 0. The summed E-state index contributed by atoms with van der Waals surface area (Å²) in [5.41, 5.74) is 5.71. The summed E-state index contributed by atoms with van der Waals surface area (Å²) in [4.78, 5) is 6.94. The predicted octanol–water partition coefficient (Wildman–Crippen LogP) is 1.63. The molecule has 0 amide bonds. The zero-order valence-corrected chi connectivity index (χ0v) is 9.50. The van der Waals surface area contributed by atoms with Crippen molar-refractivity contribution in [3.63, 3.8) is 0 Å². The maximum absolute atomic E-state index is 5.71. The molecule has 0 spiro atoms. The summed E-state index contributed by atoms with van der Waals surface area (Å²) in [7, 11) is 0. The molecule has 1 fully saturated rings. The van der Waals surface area contributed by atoms with Crippen molar-refractivity contribution >= 4 is 5.84 Å². The number of hydrogen-bond acceptors (Lipinski definition) is 2. The minimum Gasteiger partial charge on any atom is -0.387 e. The molecule has 0 radical (unpaired) electrons. The number of nitrogens with zero attached hydrogens (tertiary/aromatic N) is 2. The number of amidine groups is 1. The molecule has 3 heteroatoms. The van der Waals surface area contributed by atoms with Crippen LogP contribution in [0, 0.1) is 0 Å². The van der Waals surface area contributed by atoms with Crippen molar-refractivity contribution in [3.05, 3.63) is 0 Å². The molecule has 0 saturated carbocycles. The van der Waals surface area contributed by atoms with Gasteiger partial charge >= 0.3 is 0 Å². The standard InChI is InChI=1S/C11H23N3/c1-3-11(12)13-10(2)9-14-7-5-4-6-8-14/h10H,3-9H2,1-2H3,(H2,12,13). The molecule has 1 saturated heterocycles. The quantitative estimate of drug-likeness (QED) is 0.550. The maximum Gasteiger partial charge on any atom is 0.0938 e. The molecule has 0 aromatic heterocycles. The number of aliphatic imine (C=N–C) groups is 1. The number of hydrogen-bond donors (Lipinski definition) is 1. The molecule has 0 aromatic rings. The van der Waals surface area contributed by atoms with Gasteiger partial charge in [-0.05, 0) is 32.9 Å². The Morgan fingerprint density at radius 1 is 1.36 bits per heavy atom. The van der Waals surface area contributed by atoms with Crippen molar-refractivity contribution in [2.75, 3.05) is 19.6 Å². The van der Waals surface area contributed by atoms with Crippen LogP contribution in [0.5, 0.6) is 0 Å². The predicted molar refractivity (Wildman–Crippen MR) is 61.7 cm³/mol. The second kappa shape index (κ2) is 6.02. The van der Waals surface area contributed by atoms with Crippen LogP contribution in [-0.2, 0) is 0 Å². The zero-order valence-electron chi connectivity index (χ0n) is 9.50. The molecular weight excluding hydrogens is 174 g/mol. The molecule has 1 aliphatic heterocycles. The molecule has 1 unspecified atom stereocenters. The SMILES string of the molecule is CCC(N)=NC(C)CN1CCCCC1. The van der Waals surface area contributed by atoms with Crippen LogP contribution >= 0.6 is 0 Å². The minimum atomic E-state index is 0.355. The van der Waals surface area contributed by atoms with Crippen molar-refractivity contribution in [1.82, 2.24) is 4.90 Å². The first kappa shape index (κ1) is 11.5. The van der Waals surface area contributed by atoms with Crippen molar-refractivity contribution in [2.24, 2.45) is 10.7 Å². The van der Waals surface area contributed by atoms with Gasteiger partial charge in [-0.2, -0.15) is 0 Å². The van der Waals surface area contributed by atoms with Crippen LogP contribution < -0.4 is 5.73 Å². The van der Waals surface area contributed by atoms with Crippen molar-refractivity contribution in [3.8, 4) is 0 Å². The van der Waals surface area contributed by atoms with Crippen LogP contribution in [0.3, 0.4) is 0 Å². The number of piperidine rings is 1. The van der Waals surface area contributed by atoms with Gasteiger partial charge in [0.25, 0.3) is 0 Å². The van der Waals surface area contributed by atoms with Gasteiger partial charge in [0, 0.05) is 13.0 Å². The van der Waals surface area contributed by atoms with E-state index < -0.39 is 0 Å². The first-order chi connectivity index (χ1) is 6.72. The Hall–Kier alpha value is -0.570. The smallest absolute Gasteiger partial charge is 0.0938 e. The average Bonchev–Trinajstić information content (AvgIpc) is 2.19. The van der Waals surface area contributed by atoms with Crippen LogP contribution in [0.15, 0.2) is 4.99 Å². The summed E-state index contributed by atoms with van der Waals surface area (Å²) in [6.45, 7) is 7.75. The highest BCUT2D eigenvalue weighted by Crippen LogP contribution is 2.09. The highest BCUT2D eigenvalue weighted by molar-refractivity contribution is 5.80. The molecule has 82 valence electrons. The van der Waals surface area contributed by atoms with Gasteiger partial charge in [-0.1, -0.05) is 13.3 Å². The lowest BCUT2D eigenvalue weighted by Gasteiger charge is -2.27. The minimum absolute atomic E-state index is 0.355. The number of nitrogens with two attached hydrogens (primary N) is 1. The summed E-state index contributed by atoms with van der Waals surface area (Å²) >= 11 is 0. The lowest BCUT2D eigenvalue weighted by atomic mass is 10.1. The first-order valence-corrected chi connectivity index (χ1v) is 5.77. The van der Waals surface area contributed by atoms with E-state index in [0.717, 1.165) is 18.8 Å². The van der Waals surface area contributed by atoms with E-state index in [4.69, 9.17) is 5.73 Å². The van der Waals surface area contributed by atoms with E-state index in [1.807, 2.05) is 6.92 Å². The Bertz CT molecular complexity index is 183. The van der Waals surface area contributed by atoms with Gasteiger partial charge in [0.15, 0.2) is 0 Å². The largest absolute Gasteiger partial charge is 0.387 e. The van der Waals surface area contributed by atoms with E-state index in [0.29, 0.717) is 6.04 Å². The molecule has 1 atom stereocenters. The molecule has 1 rings (SSSR count). The maximum atomic E-state index is 5.71. The van der Waals surface area contributed by atoms with Gasteiger partial charge in [0.1, 0.15) is 0 Å². The average molecular weight is 197 g/mol. The summed E-state index contributed by atoms with van der Waals surface area (Å²) < 4.78 is 0. The van der Waals surface area contributed by atoms with Gasteiger partial charge in [0.2, 0.25) is 0 Å². The van der Waals surface area contributed by atoms with Crippen molar-refractivity contribution in [2.45, 2.75) is 45.6 Å². The molecular formula is C11H23N3. The fraction of sp³-hybridized carbons (Fsp3) is 0.909. The monoisotopic (exact) mass is 197 g/mol. The fourth-order valence-corrected chi connectivity index (χ4v) is 1.93. The van der Waals surface area contributed by atoms with E-state index in [1.54, 1.807) is 0 Å². The lowest BCUT2D eigenvalue weighted by Crippen LogP contribution is -2.35. The van der Waals surface area contributed by atoms with E-state index in [-0.39, 0.29) is 0 Å². The third-order valence-electron chi connectivity index (χ3n) is 2.72. The summed E-state index contributed by atoms with van der Waals surface area (Å²) in [5.74, 6) is 0.787. The molecule has 1 heterocycles. The Morgan fingerprint density at radius 3 is 2.57 bits per heavy atom.